The summed E-state index contributed by atoms with van der Waals surface area (Å²) in [4.78, 5) is 14.5. The van der Waals surface area contributed by atoms with Gasteiger partial charge >= 0.3 is 0 Å². The highest BCUT2D eigenvalue weighted by Crippen LogP contribution is 2.70. The lowest BCUT2D eigenvalue weighted by molar-refractivity contribution is -0.369. The number of hydrogen-bond donors (Lipinski definition) is 14. The molecule has 0 aromatic rings. The molecule has 24 heteroatoms. The lowest BCUT2D eigenvalue weighted by atomic mass is 9.44. The van der Waals surface area contributed by atoms with Crippen LogP contribution in [0.1, 0.15) is 85.5 Å². The number of aliphatic hydroxyl groups excluding tert-OH is 13. The zero-order valence-corrected chi connectivity index (χ0v) is 42.4. The quantitative estimate of drug-likeness (QED) is 0.0693. The first kappa shape index (κ1) is 57.4. The minimum Gasteiger partial charge on any atom is -0.394 e. The Morgan fingerprint density at radius 2 is 1.26 bits per heavy atom. The number of carbonyl (C=O) groups is 1. The summed E-state index contributed by atoms with van der Waals surface area (Å²) in [7, 11) is 0. The molecule has 5 aliphatic heterocycles. The molecule has 9 fully saturated rings. The highest BCUT2D eigenvalue weighted by Gasteiger charge is 2.69. The molecule has 0 aromatic heterocycles. The monoisotopic (exact) mass is 1070 g/mol. The fourth-order valence-electron chi connectivity index (χ4n) is 15.1. The van der Waals surface area contributed by atoms with Crippen LogP contribution in [0.15, 0.2) is 0 Å². The van der Waals surface area contributed by atoms with Crippen molar-refractivity contribution in [1.82, 2.24) is 0 Å². The maximum atomic E-state index is 14.5. The molecule has 5 saturated heterocycles. The van der Waals surface area contributed by atoms with E-state index < -0.39 is 148 Å². The summed E-state index contributed by atoms with van der Waals surface area (Å²) in [5, 5.41) is 148. The molecule has 0 bridgehead atoms. The lowest BCUT2D eigenvalue weighted by Gasteiger charge is -2.60. The number of hydrogen-bond acceptors (Lipinski definition) is 24. The zero-order valence-electron chi connectivity index (χ0n) is 42.4. The minimum absolute atomic E-state index is 0.0531. The first-order chi connectivity index (χ1) is 35.0. The first-order valence-corrected chi connectivity index (χ1v) is 26.7. The van der Waals surface area contributed by atoms with E-state index in [0.717, 1.165) is 12.8 Å². The number of aliphatic hydroxyl groups is 14. The van der Waals surface area contributed by atoms with Crippen LogP contribution in [-0.2, 0) is 47.4 Å². The van der Waals surface area contributed by atoms with E-state index in [2.05, 4.69) is 13.8 Å². The SMILES string of the molecule is CC(CCC1(O)OC2CC3C4CC(=O)C5CC(OC6OC(COC7OCC(O)C(O)C7O)C(OC7OC(CO)C(O)C(O)C7O)C(O)C6O)CCC5(C)C4CCC3(C)C2C1C)COC1OC(CO)C(O)C(O)C1O. The van der Waals surface area contributed by atoms with E-state index in [-0.39, 0.29) is 77.4 Å². The van der Waals surface area contributed by atoms with Crippen LogP contribution in [0, 0.1) is 52.3 Å². The molecule has 9 aliphatic rings. The number of fused-ring (bicyclic) bond motifs is 7. The van der Waals surface area contributed by atoms with Gasteiger partial charge in [-0.15, -0.1) is 0 Å². The smallest absolute Gasteiger partial charge is 0.187 e. The van der Waals surface area contributed by atoms with Gasteiger partial charge in [-0.3, -0.25) is 4.79 Å². The molecule has 9 rings (SSSR count). The Labute approximate surface area is 429 Å². The van der Waals surface area contributed by atoms with Crippen molar-refractivity contribution in [2.75, 3.05) is 33.0 Å². The third-order valence-electron chi connectivity index (χ3n) is 19.5. The Morgan fingerprint density at radius 1 is 0.662 bits per heavy atom. The van der Waals surface area contributed by atoms with Gasteiger partial charge in [0.15, 0.2) is 30.9 Å². The summed E-state index contributed by atoms with van der Waals surface area (Å²) in [6.07, 6.45) is -25.3. The van der Waals surface area contributed by atoms with Crippen LogP contribution < -0.4 is 0 Å². The van der Waals surface area contributed by atoms with Gasteiger partial charge in [-0.2, -0.15) is 0 Å². The van der Waals surface area contributed by atoms with E-state index in [1.54, 1.807) is 0 Å². The second-order valence-corrected chi connectivity index (χ2v) is 23.8. The molecule has 24 nitrogen and oxygen atoms in total. The van der Waals surface area contributed by atoms with Gasteiger partial charge in [-0.1, -0.05) is 27.7 Å². The van der Waals surface area contributed by atoms with Crippen LogP contribution in [0.2, 0.25) is 0 Å². The molecule has 426 valence electrons. The minimum atomic E-state index is -1.88. The van der Waals surface area contributed by atoms with Crippen molar-refractivity contribution >= 4 is 5.78 Å². The lowest BCUT2D eigenvalue weighted by Crippen LogP contribution is -2.65. The van der Waals surface area contributed by atoms with Crippen molar-refractivity contribution in [3.63, 3.8) is 0 Å². The van der Waals surface area contributed by atoms with E-state index in [0.29, 0.717) is 44.9 Å². The van der Waals surface area contributed by atoms with Gasteiger partial charge in [0, 0.05) is 24.7 Å². The normalized spacial score (nSPS) is 55.0. The van der Waals surface area contributed by atoms with Crippen molar-refractivity contribution in [2.24, 2.45) is 52.3 Å². The predicted molar refractivity (Wildman–Crippen MR) is 246 cm³/mol. The van der Waals surface area contributed by atoms with Crippen LogP contribution in [0.25, 0.3) is 0 Å². The van der Waals surface area contributed by atoms with Gasteiger partial charge < -0.3 is 114 Å². The van der Waals surface area contributed by atoms with Crippen LogP contribution in [0.4, 0.5) is 0 Å². The molecule has 14 N–H and O–H groups in total. The number of rotatable bonds is 15. The van der Waals surface area contributed by atoms with Crippen molar-refractivity contribution < 1.29 is 119 Å². The van der Waals surface area contributed by atoms with E-state index in [1.165, 1.54) is 0 Å². The van der Waals surface area contributed by atoms with Crippen molar-refractivity contribution in [2.45, 2.75) is 220 Å². The predicted octanol–water partition coefficient (Wildman–Crippen LogP) is -4.14. The summed E-state index contributed by atoms with van der Waals surface area (Å²) in [6.45, 7) is 6.34. The summed E-state index contributed by atoms with van der Waals surface area (Å²) in [5.74, 6) is -1.41. The fraction of sp³-hybridized carbons (Fsp3) is 0.980. The maximum Gasteiger partial charge on any atom is 0.187 e. The highest BCUT2D eigenvalue weighted by molar-refractivity contribution is 5.83. The largest absolute Gasteiger partial charge is 0.394 e. The maximum absolute atomic E-state index is 14.5. The van der Waals surface area contributed by atoms with Gasteiger partial charge in [0.1, 0.15) is 97.3 Å². The van der Waals surface area contributed by atoms with Crippen molar-refractivity contribution in [3.05, 3.63) is 0 Å². The molecule has 74 heavy (non-hydrogen) atoms. The fourth-order valence-corrected chi connectivity index (χ4v) is 15.1. The molecule has 0 amide bonds. The second kappa shape index (κ2) is 22.4. The third kappa shape index (κ3) is 10.3. The topological polar surface area (TPSA) is 383 Å². The van der Waals surface area contributed by atoms with Crippen LogP contribution in [0.5, 0.6) is 0 Å². The third-order valence-corrected chi connectivity index (χ3v) is 19.5. The Balaban J connectivity index is 0.820. The Bertz CT molecular complexity index is 1900. The number of ketones is 1. The van der Waals surface area contributed by atoms with Crippen LogP contribution in [0.3, 0.4) is 0 Å². The van der Waals surface area contributed by atoms with Gasteiger partial charge in [0.2, 0.25) is 0 Å². The molecule has 5 heterocycles. The first-order valence-electron chi connectivity index (χ1n) is 26.7. The molecule has 4 aliphatic carbocycles. The van der Waals surface area contributed by atoms with Crippen LogP contribution >= 0.6 is 0 Å². The van der Waals surface area contributed by atoms with Gasteiger partial charge in [0.25, 0.3) is 0 Å². The van der Waals surface area contributed by atoms with E-state index >= 15 is 0 Å². The standard InChI is InChI=1S/C50H82O24/c1-19(16-66-45-40(62)36(58)34(56)29(14-51)70-45)5-10-50(65)20(2)32-28(74-50)13-24-22-12-26(53)25-11-21(6-8-48(25,3)23(22)7-9-49(24,32)4)69-46-42(64)38(60)43(73-47-41(63)37(59)35(57)30(15-52)71-47)31(72-46)18-68-44-39(61)33(55)27(54)17-67-44/h19-25,27-47,51-52,54-65H,5-18H2,1-4H3. The molecule has 31 unspecified atom stereocenters. The number of Topliss-reactive ketones (excluding diaryl/α,β-unsaturated/α-hetero) is 1. The van der Waals surface area contributed by atoms with E-state index in [9.17, 15) is 76.3 Å². The summed E-state index contributed by atoms with van der Waals surface area (Å²) in [6, 6.07) is 0. The summed E-state index contributed by atoms with van der Waals surface area (Å²) >= 11 is 0. The molecule has 0 radical (unpaired) electrons. The van der Waals surface area contributed by atoms with Gasteiger partial charge in [-0.25, -0.2) is 0 Å². The van der Waals surface area contributed by atoms with Crippen LogP contribution in [-0.4, -0.2) is 245 Å². The summed E-state index contributed by atoms with van der Waals surface area (Å²) < 4.78 is 53.1. The average molecular weight is 1070 g/mol. The van der Waals surface area contributed by atoms with E-state index in [1.807, 2.05) is 13.8 Å². The Hall–Kier alpha value is -1.25. The molecule has 4 saturated carbocycles. The Kier molecular flexibility index (Phi) is 17.4. The van der Waals surface area contributed by atoms with E-state index in [4.69, 9.17) is 42.6 Å². The zero-order chi connectivity index (χ0) is 53.5. The number of ether oxygens (including phenoxy) is 9. The second-order valence-electron chi connectivity index (χ2n) is 23.8. The van der Waals surface area contributed by atoms with Gasteiger partial charge in [-0.05, 0) is 85.4 Å². The van der Waals surface area contributed by atoms with Gasteiger partial charge in [0.05, 0.1) is 45.2 Å². The molecule has 0 spiro atoms. The molecule has 0 aromatic carbocycles. The molecular weight excluding hydrogens is 985 g/mol. The Morgan fingerprint density at radius 3 is 1.93 bits per heavy atom. The highest BCUT2D eigenvalue weighted by atomic mass is 16.8. The summed E-state index contributed by atoms with van der Waals surface area (Å²) in [5.41, 5.74) is -0.565. The molecule has 31 atom stereocenters. The number of carbonyl (C=O) groups excluding carboxylic acids is 1. The van der Waals surface area contributed by atoms with Crippen molar-refractivity contribution in [1.29, 1.82) is 0 Å². The average Bonchev–Trinajstić information content (AvgIpc) is 3.81. The molecular formula is C50H82O24. The van der Waals surface area contributed by atoms with Crippen molar-refractivity contribution in [3.8, 4) is 0 Å².